The fourth-order valence-corrected chi connectivity index (χ4v) is 2.68. The lowest BCUT2D eigenvalue weighted by atomic mass is 10.3. The Morgan fingerprint density at radius 2 is 2.11 bits per heavy atom. The molecule has 4 nitrogen and oxygen atoms in total. The molecule has 0 spiro atoms. The van der Waals surface area contributed by atoms with Crippen LogP contribution in [0.2, 0.25) is 0 Å². The molecule has 94 valence electrons. The maximum absolute atomic E-state index is 4.51. The summed E-state index contributed by atoms with van der Waals surface area (Å²) in [5.74, 6) is 1.09. The van der Waals surface area contributed by atoms with Gasteiger partial charge in [-0.2, -0.15) is 0 Å². The van der Waals surface area contributed by atoms with E-state index in [1.165, 1.54) is 17.7 Å². The molecule has 1 N–H and O–H groups in total. The van der Waals surface area contributed by atoms with Gasteiger partial charge in [0.15, 0.2) is 0 Å². The van der Waals surface area contributed by atoms with Gasteiger partial charge in [0.05, 0.1) is 23.9 Å². The average Bonchev–Trinajstić information content (AvgIpc) is 3.10. The summed E-state index contributed by atoms with van der Waals surface area (Å²) in [5, 5.41) is 3.35. The number of rotatable bonds is 4. The van der Waals surface area contributed by atoms with Crippen LogP contribution in [-0.2, 0) is 6.54 Å². The molecule has 1 aliphatic heterocycles. The Labute approximate surface area is 111 Å². The number of pyridine rings is 1. The monoisotopic (exact) mass is 260 g/mol. The summed E-state index contributed by atoms with van der Waals surface area (Å²) in [7, 11) is 0. The van der Waals surface area contributed by atoms with Gasteiger partial charge in [-0.15, -0.1) is 11.3 Å². The van der Waals surface area contributed by atoms with E-state index >= 15 is 0 Å². The minimum atomic E-state index is 0.815. The van der Waals surface area contributed by atoms with Gasteiger partial charge in [0.1, 0.15) is 5.82 Å². The lowest BCUT2D eigenvalue weighted by molar-refractivity contribution is 0.937. The molecule has 1 fully saturated rings. The van der Waals surface area contributed by atoms with Crippen molar-refractivity contribution in [3.8, 4) is 0 Å². The second kappa shape index (κ2) is 5.35. The lowest BCUT2D eigenvalue weighted by Gasteiger charge is -2.16. The summed E-state index contributed by atoms with van der Waals surface area (Å²) in [6, 6.07) is 4.20. The molecule has 0 amide bonds. The van der Waals surface area contributed by atoms with Crippen molar-refractivity contribution in [2.45, 2.75) is 19.4 Å². The number of aromatic nitrogens is 2. The van der Waals surface area contributed by atoms with E-state index in [0.717, 1.165) is 31.1 Å². The molecule has 1 saturated heterocycles. The van der Waals surface area contributed by atoms with Gasteiger partial charge in [0, 0.05) is 24.2 Å². The van der Waals surface area contributed by atoms with Crippen molar-refractivity contribution in [2.24, 2.45) is 0 Å². The Balaban J connectivity index is 1.60. The first kappa shape index (κ1) is 11.5. The third-order valence-electron chi connectivity index (χ3n) is 3.13. The van der Waals surface area contributed by atoms with Crippen LogP contribution in [0.1, 0.15) is 17.7 Å². The normalized spacial score (nSPS) is 15.0. The van der Waals surface area contributed by atoms with Gasteiger partial charge in [0.25, 0.3) is 0 Å². The molecule has 3 heterocycles. The number of thiazole rings is 1. The highest BCUT2D eigenvalue weighted by molar-refractivity contribution is 7.09. The van der Waals surface area contributed by atoms with Crippen LogP contribution < -0.4 is 10.2 Å². The number of hydrogen-bond donors (Lipinski definition) is 1. The molecule has 0 radical (unpaired) electrons. The average molecular weight is 260 g/mol. The van der Waals surface area contributed by atoms with Crippen LogP contribution in [0, 0.1) is 0 Å². The highest BCUT2D eigenvalue weighted by atomic mass is 32.1. The molecular formula is C13H16N4S. The molecule has 18 heavy (non-hydrogen) atoms. The first-order valence-corrected chi connectivity index (χ1v) is 7.12. The van der Waals surface area contributed by atoms with Gasteiger partial charge in [-0.25, -0.2) is 4.98 Å². The van der Waals surface area contributed by atoms with E-state index in [9.17, 15) is 0 Å². The molecule has 0 unspecified atom stereocenters. The van der Waals surface area contributed by atoms with Crippen LogP contribution in [0.15, 0.2) is 30.0 Å². The zero-order chi connectivity index (χ0) is 12.2. The van der Waals surface area contributed by atoms with E-state index in [0.29, 0.717) is 0 Å². The molecule has 2 aromatic rings. The Bertz CT molecular complexity index is 474. The zero-order valence-electron chi connectivity index (χ0n) is 10.2. The smallest absolute Gasteiger partial charge is 0.128 e. The molecule has 5 heteroatoms. The second-order valence-corrected chi connectivity index (χ2v) is 5.39. The highest BCUT2D eigenvalue weighted by Gasteiger charge is 2.12. The number of nitrogens with zero attached hydrogens (tertiary/aromatic N) is 3. The lowest BCUT2D eigenvalue weighted by Crippen LogP contribution is -2.18. The van der Waals surface area contributed by atoms with E-state index in [1.54, 1.807) is 11.3 Å². The van der Waals surface area contributed by atoms with Crippen LogP contribution >= 0.6 is 11.3 Å². The molecule has 0 aromatic carbocycles. The van der Waals surface area contributed by atoms with E-state index < -0.39 is 0 Å². The molecule has 2 aromatic heterocycles. The molecular weight excluding hydrogens is 244 g/mol. The molecule has 0 bridgehead atoms. The second-order valence-electron chi connectivity index (χ2n) is 4.42. The summed E-state index contributed by atoms with van der Waals surface area (Å²) in [6.07, 6.45) is 6.37. The summed E-state index contributed by atoms with van der Waals surface area (Å²) in [5.41, 5.74) is 2.91. The van der Waals surface area contributed by atoms with Crippen molar-refractivity contribution in [3.63, 3.8) is 0 Å². The predicted octanol–water partition coefficient (Wildman–Crippen LogP) is 2.75. The van der Waals surface area contributed by atoms with Crippen molar-refractivity contribution >= 4 is 22.8 Å². The molecule has 0 saturated carbocycles. The van der Waals surface area contributed by atoms with Crippen molar-refractivity contribution in [2.75, 3.05) is 23.3 Å². The van der Waals surface area contributed by atoms with E-state index in [-0.39, 0.29) is 0 Å². The quantitative estimate of drug-likeness (QED) is 0.917. The zero-order valence-corrected chi connectivity index (χ0v) is 11.0. The SMILES string of the molecule is c1ncc(CNc2ccc(N3CCCC3)nc2)s1. The first-order valence-electron chi connectivity index (χ1n) is 6.24. The molecule has 3 rings (SSSR count). The van der Waals surface area contributed by atoms with Crippen LogP contribution in [-0.4, -0.2) is 23.1 Å². The van der Waals surface area contributed by atoms with Gasteiger partial charge in [0.2, 0.25) is 0 Å². The van der Waals surface area contributed by atoms with E-state index in [4.69, 9.17) is 0 Å². The van der Waals surface area contributed by atoms with E-state index in [1.807, 2.05) is 17.9 Å². The number of nitrogens with one attached hydrogen (secondary N) is 1. The van der Waals surface area contributed by atoms with Crippen LogP contribution in [0.3, 0.4) is 0 Å². The Kier molecular flexibility index (Phi) is 3.41. The van der Waals surface area contributed by atoms with Crippen molar-refractivity contribution < 1.29 is 0 Å². The van der Waals surface area contributed by atoms with Gasteiger partial charge in [-0.05, 0) is 25.0 Å². The van der Waals surface area contributed by atoms with Crippen LogP contribution in [0.4, 0.5) is 11.5 Å². The first-order chi connectivity index (χ1) is 8.92. The maximum Gasteiger partial charge on any atom is 0.128 e. The summed E-state index contributed by atoms with van der Waals surface area (Å²) in [4.78, 5) is 12.1. The molecule has 1 aliphatic rings. The fraction of sp³-hybridized carbons (Fsp3) is 0.385. The third kappa shape index (κ3) is 2.61. The van der Waals surface area contributed by atoms with Crippen LogP contribution in [0.5, 0.6) is 0 Å². The van der Waals surface area contributed by atoms with Crippen LogP contribution in [0.25, 0.3) is 0 Å². The largest absolute Gasteiger partial charge is 0.379 e. The Hall–Kier alpha value is -1.62. The van der Waals surface area contributed by atoms with Crippen molar-refractivity contribution in [1.82, 2.24) is 9.97 Å². The fourth-order valence-electron chi connectivity index (χ4n) is 2.14. The minimum absolute atomic E-state index is 0.815. The van der Waals surface area contributed by atoms with Gasteiger partial charge >= 0.3 is 0 Å². The Morgan fingerprint density at radius 1 is 1.22 bits per heavy atom. The highest BCUT2D eigenvalue weighted by Crippen LogP contribution is 2.19. The van der Waals surface area contributed by atoms with Gasteiger partial charge in [-0.1, -0.05) is 0 Å². The minimum Gasteiger partial charge on any atom is -0.379 e. The number of anilines is 2. The van der Waals surface area contributed by atoms with Crippen molar-refractivity contribution in [3.05, 3.63) is 34.9 Å². The summed E-state index contributed by atoms with van der Waals surface area (Å²) in [6.45, 7) is 3.09. The topological polar surface area (TPSA) is 41.1 Å². The molecule has 0 aliphatic carbocycles. The maximum atomic E-state index is 4.51. The van der Waals surface area contributed by atoms with Gasteiger partial charge < -0.3 is 10.2 Å². The third-order valence-corrected chi connectivity index (χ3v) is 3.91. The summed E-state index contributed by atoms with van der Waals surface area (Å²) < 4.78 is 0. The standard InChI is InChI=1S/C13H16N4S/c1-2-6-17(5-1)13-4-3-11(7-16-13)15-9-12-8-14-10-18-12/h3-4,7-8,10,15H,1-2,5-6,9H2. The Morgan fingerprint density at radius 3 is 2.78 bits per heavy atom. The predicted molar refractivity (Wildman–Crippen MR) is 75.1 cm³/mol. The summed E-state index contributed by atoms with van der Waals surface area (Å²) >= 11 is 1.66. The number of hydrogen-bond acceptors (Lipinski definition) is 5. The molecule has 0 atom stereocenters. The van der Waals surface area contributed by atoms with Crippen molar-refractivity contribution in [1.29, 1.82) is 0 Å². The van der Waals surface area contributed by atoms with E-state index in [2.05, 4.69) is 32.3 Å². The van der Waals surface area contributed by atoms with Gasteiger partial charge in [-0.3, -0.25) is 4.98 Å².